The summed E-state index contributed by atoms with van der Waals surface area (Å²) in [6, 6.07) is 13.2. The van der Waals surface area contributed by atoms with E-state index < -0.39 is 0 Å². The highest BCUT2D eigenvalue weighted by atomic mass is 16.5. The van der Waals surface area contributed by atoms with Crippen molar-refractivity contribution < 1.29 is 19.1 Å². The topological polar surface area (TPSA) is 79.9 Å². The first kappa shape index (κ1) is 23.0. The molecule has 3 amide bonds. The van der Waals surface area contributed by atoms with E-state index in [-0.39, 0.29) is 23.8 Å². The molecule has 0 bridgehead atoms. The zero-order valence-corrected chi connectivity index (χ0v) is 19.6. The Kier molecular flexibility index (Phi) is 7.06. The largest absolute Gasteiger partial charge is 0.497 e. The molecule has 2 aromatic rings. The maximum absolute atomic E-state index is 12.9. The molecule has 0 spiro atoms. The lowest BCUT2D eigenvalue weighted by molar-refractivity contribution is -0.118. The first-order chi connectivity index (χ1) is 15.9. The number of anilines is 2. The molecule has 2 aliphatic rings. The lowest BCUT2D eigenvalue weighted by Crippen LogP contribution is -2.46. The van der Waals surface area contributed by atoms with Gasteiger partial charge >= 0.3 is 6.03 Å². The highest BCUT2D eigenvalue weighted by Gasteiger charge is 2.33. The molecule has 0 unspecified atom stereocenters. The van der Waals surface area contributed by atoms with Gasteiger partial charge in [-0.25, -0.2) is 4.79 Å². The van der Waals surface area contributed by atoms with Gasteiger partial charge in [-0.05, 0) is 60.4 Å². The Morgan fingerprint density at radius 1 is 1.18 bits per heavy atom. The van der Waals surface area contributed by atoms with Crippen LogP contribution in [0.15, 0.2) is 42.5 Å². The second-order valence-electron chi connectivity index (χ2n) is 9.22. The van der Waals surface area contributed by atoms with Crippen LogP contribution >= 0.6 is 0 Å². The van der Waals surface area contributed by atoms with Crippen LogP contribution in [0.5, 0.6) is 11.5 Å². The molecule has 1 saturated heterocycles. The van der Waals surface area contributed by atoms with Crippen molar-refractivity contribution in [2.24, 2.45) is 11.8 Å². The van der Waals surface area contributed by atoms with Crippen LogP contribution in [-0.2, 0) is 4.79 Å². The highest BCUT2D eigenvalue weighted by Crippen LogP contribution is 2.34. The summed E-state index contributed by atoms with van der Waals surface area (Å²) in [5.41, 5.74) is 2.62. The number of fused-ring (bicyclic) bond motifs is 2. The summed E-state index contributed by atoms with van der Waals surface area (Å²) in [7, 11) is 1.60. The van der Waals surface area contributed by atoms with Gasteiger partial charge in [0.2, 0.25) is 5.91 Å². The van der Waals surface area contributed by atoms with Gasteiger partial charge in [-0.3, -0.25) is 4.79 Å². The van der Waals surface area contributed by atoms with Crippen molar-refractivity contribution in [3.63, 3.8) is 0 Å². The van der Waals surface area contributed by atoms with E-state index >= 15 is 0 Å². The summed E-state index contributed by atoms with van der Waals surface area (Å²) in [4.78, 5) is 27.6. The third kappa shape index (κ3) is 5.59. The first-order valence-electron chi connectivity index (χ1n) is 11.7. The van der Waals surface area contributed by atoms with Crippen LogP contribution in [0, 0.1) is 11.8 Å². The molecule has 176 valence electrons. The van der Waals surface area contributed by atoms with E-state index in [1.807, 2.05) is 35.2 Å². The lowest BCUT2D eigenvalue weighted by Gasteiger charge is -2.39. The Labute approximate surface area is 195 Å². The van der Waals surface area contributed by atoms with Crippen molar-refractivity contribution in [1.82, 2.24) is 4.90 Å². The molecule has 2 aliphatic heterocycles. The number of rotatable bonds is 3. The Balaban J connectivity index is 1.43. The number of carbonyl (C=O) groups is 2. The minimum Gasteiger partial charge on any atom is -0.497 e. The third-order valence-corrected chi connectivity index (χ3v) is 6.64. The molecular weight excluding hydrogens is 418 g/mol. The molecule has 2 atom stereocenters. The van der Waals surface area contributed by atoms with E-state index in [1.54, 1.807) is 13.2 Å². The monoisotopic (exact) mass is 451 g/mol. The molecule has 0 saturated carbocycles. The SMILES string of the molecule is COc1cccc(NC(=O)N2CC[C@H]3CC(=O)Nc4cc(C(C)C)ccc4OCC[C@H]3C2)c1. The van der Waals surface area contributed by atoms with Gasteiger partial charge in [0.05, 0.1) is 19.4 Å². The van der Waals surface area contributed by atoms with Gasteiger partial charge < -0.3 is 25.0 Å². The summed E-state index contributed by atoms with van der Waals surface area (Å²) < 4.78 is 11.3. The number of benzene rings is 2. The van der Waals surface area contributed by atoms with Gasteiger partial charge in [0, 0.05) is 31.3 Å². The lowest BCUT2D eigenvalue weighted by atomic mass is 9.81. The predicted molar refractivity (Wildman–Crippen MR) is 129 cm³/mol. The van der Waals surface area contributed by atoms with Crippen molar-refractivity contribution in [3.8, 4) is 11.5 Å². The Hall–Kier alpha value is -3.22. The number of likely N-dealkylation sites (tertiary alicyclic amines) is 1. The zero-order valence-electron chi connectivity index (χ0n) is 19.6. The van der Waals surface area contributed by atoms with Gasteiger partial charge in [0.1, 0.15) is 11.5 Å². The van der Waals surface area contributed by atoms with Gasteiger partial charge in [-0.15, -0.1) is 0 Å². The predicted octanol–water partition coefficient (Wildman–Crippen LogP) is 5.10. The summed E-state index contributed by atoms with van der Waals surface area (Å²) >= 11 is 0. The number of urea groups is 1. The number of carbonyl (C=O) groups excluding carboxylic acids is 2. The molecule has 0 aromatic heterocycles. The van der Waals surface area contributed by atoms with Crippen LogP contribution in [0.3, 0.4) is 0 Å². The molecule has 7 heteroatoms. The highest BCUT2D eigenvalue weighted by molar-refractivity contribution is 5.93. The molecule has 4 rings (SSSR count). The summed E-state index contributed by atoms with van der Waals surface area (Å²) in [5.74, 6) is 2.21. The maximum atomic E-state index is 12.9. The number of amides is 3. The number of nitrogens with zero attached hydrogens (tertiary/aromatic N) is 1. The molecule has 0 aliphatic carbocycles. The van der Waals surface area contributed by atoms with Crippen molar-refractivity contribution in [1.29, 1.82) is 0 Å². The summed E-state index contributed by atoms with van der Waals surface area (Å²) in [5, 5.41) is 6.03. The molecule has 0 radical (unpaired) electrons. The molecule has 2 N–H and O–H groups in total. The Morgan fingerprint density at radius 2 is 2.03 bits per heavy atom. The Morgan fingerprint density at radius 3 is 2.82 bits per heavy atom. The first-order valence-corrected chi connectivity index (χ1v) is 11.7. The molecule has 2 heterocycles. The van der Waals surface area contributed by atoms with Crippen LogP contribution < -0.4 is 20.1 Å². The van der Waals surface area contributed by atoms with Crippen LogP contribution in [0.25, 0.3) is 0 Å². The average Bonchev–Trinajstić information content (AvgIpc) is 2.80. The quantitative estimate of drug-likeness (QED) is 0.680. The van der Waals surface area contributed by atoms with Crippen molar-refractivity contribution in [3.05, 3.63) is 48.0 Å². The minimum absolute atomic E-state index is 0.00642. The fraction of sp³-hybridized carbons (Fsp3) is 0.462. The molecule has 2 aromatic carbocycles. The number of hydrogen-bond acceptors (Lipinski definition) is 4. The van der Waals surface area contributed by atoms with E-state index in [1.165, 1.54) is 5.56 Å². The number of piperidine rings is 1. The van der Waals surface area contributed by atoms with Crippen LogP contribution in [0.4, 0.5) is 16.2 Å². The molecule has 1 fully saturated rings. The van der Waals surface area contributed by atoms with Gasteiger partial charge in [-0.2, -0.15) is 0 Å². The smallest absolute Gasteiger partial charge is 0.321 e. The summed E-state index contributed by atoms with van der Waals surface area (Å²) in [6.45, 7) is 6.05. The fourth-order valence-corrected chi connectivity index (χ4v) is 4.65. The number of hydrogen-bond donors (Lipinski definition) is 2. The minimum atomic E-state index is -0.129. The van der Waals surface area contributed by atoms with Crippen molar-refractivity contribution in [2.45, 2.75) is 39.0 Å². The second kappa shape index (κ2) is 10.1. The Bertz CT molecular complexity index is 1010. The fourth-order valence-electron chi connectivity index (χ4n) is 4.65. The van der Waals surface area contributed by atoms with E-state index in [4.69, 9.17) is 9.47 Å². The van der Waals surface area contributed by atoms with E-state index in [0.29, 0.717) is 49.2 Å². The van der Waals surface area contributed by atoms with Gasteiger partial charge in [-0.1, -0.05) is 26.0 Å². The van der Waals surface area contributed by atoms with Crippen molar-refractivity contribution in [2.75, 3.05) is 37.4 Å². The van der Waals surface area contributed by atoms with E-state index in [0.717, 1.165) is 18.5 Å². The zero-order chi connectivity index (χ0) is 23.4. The normalized spacial score (nSPS) is 20.7. The standard InChI is InChI=1S/C26H33N3O4/c1-17(2)18-7-8-24-23(13-18)28-25(30)14-19-9-11-29(16-20(19)10-12-33-24)26(31)27-21-5-4-6-22(15-21)32-3/h4-8,13,15,17,19-20H,9-12,14,16H2,1-3H3,(H,27,31)(H,28,30)/t19-,20-/m0/s1. The number of methoxy groups -OCH3 is 1. The molecule has 7 nitrogen and oxygen atoms in total. The summed E-state index contributed by atoms with van der Waals surface area (Å²) in [6.07, 6.45) is 2.05. The molecule has 33 heavy (non-hydrogen) atoms. The van der Waals surface area contributed by atoms with Crippen molar-refractivity contribution >= 4 is 23.3 Å². The third-order valence-electron chi connectivity index (χ3n) is 6.64. The maximum Gasteiger partial charge on any atom is 0.321 e. The second-order valence-corrected chi connectivity index (χ2v) is 9.22. The number of nitrogens with one attached hydrogen (secondary N) is 2. The number of ether oxygens (including phenoxy) is 2. The van der Waals surface area contributed by atoms with E-state index in [9.17, 15) is 9.59 Å². The van der Waals surface area contributed by atoms with Crippen LogP contribution in [0.2, 0.25) is 0 Å². The van der Waals surface area contributed by atoms with Gasteiger partial charge in [0.25, 0.3) is 0 Å². The van der Waals surface area contributed by atoms with Gasteiger partial charge in [0.15, 0.2) is 0 Å². The van der Waals surface area contributed by atoms with E-state index in [2.05, 4.69) is 30.5 Å². The van der Waals surface area contributed by atoms with Crippen LogP contribution in [-0.4, -0.2) is 43.6 Å². The van der Waals surface area contributed by atoms with Crippen LogP contribution in [0.1, 0.15) is 44.6 Å². The molecular formula is C26H33N3O4. The average molecular weight is 452 g/mol.